The predicted octanol–water partition coefficient (Wildman–Crippen LogP) is 4.54. The van der Waals surface area contributed by atoms with Crippen molar-refractivity contribution in [3.8, 4) is 12.3 Å². The standard InChI is InChI=1S/C18H26O/c1-6-15(5)18(19)17-11-10-16(13(2)3)9-7-8-14(4)12-17/h1,10,12-15H,7-9,11H2,2-5H3/b16-10?,17-12+. The fourth-order valence-corrected chi connectivity index (χ4v) is 2.53. The van der Waals surface area contributed by atoms with E-state index in [9.17, 15) is 4.79 Å². The number of hydrogen-bond acceptors (Lipinski definition) is 1. The van der Waals surface area contributed by atoms with Gasteiger partial charge in [-0.15, -0.1) is 6.42 Å². The molecule has 0 amide bonds. The van der Waals surface area contributed by atoms with Gasteiger partial charge in [0, 0.05) is 0 Å². The second-order valence-corrected chi connectivity index (χ2v) is 5.95. The molecule has 2 atom stereocenters. The van der Waals surface area contributed by atoms with E-state index in [0.717, 1.165) is 24.8 Å². The molecule has 0 fully saturated rings. The van der Waals surface area contributed by atoms with Gasteiger partial charge in [0.1, 0.15) is 0 Å². The smallest absolute Gasteiger partial charge is 0.173 e. The number of Topliss-reactive ketones (excluding diaryl/α,β-unsaturated/α-hetero) is 1. The molecule has 0 heterocycles. The molecule has 1 aliphatic rings. The van der Waals surface area contributed by atoms with Gasteiger partial charge in [0.05, 0.1) is 5.92 Å². The molecule has 0 aromatic carbocycles. The van der Waals surface area contributed by atoms with Crippen LogP contribution in [0.4, 0.5) is 0 Å². The van der Waals surface area contributed by atoms with Crippen LogP contribution in [0.5, 0.6) is 0 Å². The quantitative estimate of drug-likeness (QED) is 0.536. The van der Waals surface area contributed by atoms with Crippen LogP contribution in [0.25, 0.3) is 0 Å². The SMILES string of the molecule is C#CC(C)C(=O)/C1=C/C(C)CCCC(C(C)C)=CC1. The second kappa shape index (κ2) is 7.34. The average molecular weight is 258 g/mol. The first kappa shape index (κ1) is 15.8. The number of rotatable bonds is 3. The summed E-state index contributed by atoms with van der Waals surface area (Å²) in [4.78, 5) is 12.3. The Kier molecular flexibility index (Phi) is 6.09. The first-order chi connectivity index (χ1) is 8.95. The van der Waals surface area contributed by atoms with Crippen molar-refractivity contribution in [2.75, 3.05) is 0 Å². The Morgan fingerprint density at radius 2 is 2.11 bits per heavy atom. The van der Waals surface area contributed by atoms with E-state index in [1.165, 1.54) is 12.0 Å². The number of carbonyl (C=O) groups excluding carboxylic acids is 1. The van der Waals surface area contributed by atoms with Gasteiger partial charge in [0.2, 0.25) is 0 Å². The Labute approximate surface area is 118 Å². The molecule has 0 saturated carbocycles. The number of allylic oxidation sites excluding steroid dienone is 4. The summed E-state index contributed by atoms with van der Waals surface area (Å²) in [5.41, 5.74) is 2.37. The number of terminal acetylenes is 1. The summed E-state index contributed by atoms with van der Waals surface area (Å²) < 4.78 is 0. The van der Waals surface area contributed by atoms with Crippen molar-refractivity contribution in [3.63, 3.8) is 0 Å². The van der Waals surface area contributed by atoms with E-state index in [-0.39, 0.29) is 11.7 Å². The molecule has 0 aliphatic heterocycles. The van der Waals surface area contributed by atoms with Crippen molar-refractivity contribution in [2.24, 2.45) is 17.8 Å². The van der Waals surface area contributed by atoms with E-state index in [2.05, 4.69) is 38.8 Å². The zero-order valence-corrected chi connectivity index (χ0v) is 12.7. The lowest BCUT2D eigenvalue weighted by Crippen LogP contribution is -2.12. The van der Waals surface area contributed by atoms with Gasteiger partial charge in [-0.25, -0.2) is 0 Å². The molecule has 0 aromatic rings. The first-order valence-corrected chi connectivity index (χ1v) is 7.35. The largest absolute Gasteiger partial charge is 0.293 e. The van der Waals surface area contributed by atoms with Gasteiger partial charge >= 0.3 is 0 Å². The maximum Gasteiger partial charge on any atom is 0.173 e. The highest BCUT2D eigenvalue weighted by atomic mass is 16.1. The molecule has 0 radical (unpaired) electrons. The topological polar surface area (TPSA) is 17.1 Å². The van der Waals surface area contributed by atoms with Crippen molar-refractivity contribution in [1.29, 1.82) is 0 Å². The van der Waals surface area contributed by atoms with Gasteiger partial charge in [0.15, 0.2) is 5.78 Å². The lowest BCUT2D eigenvalue weighted by atomic mass is 9.93. The highest BCUT2D eigenvalue weighted by Crippen LogP contribution is 2.25. The Balaban J connectivity index is 2.97. The van der Waals surface area contributed by atoms with Crippen LogP contribution in [0.3, 0.4) is 0 Å². The summed E-state index contributed by atoms with van der Waals surface area (Å²) in [6.07, 6.45) is 14.0. The highest BCUT2D eigenvalue weighted by Gasteiger charge is 2.17. The molecule has 2 unspecified atom stereocenters. The molecule has 0 bridgehead atoms. The molecule has 0 N–H and O–H groups in total. The van der Waals surface area contributed by atoms with Gasteiger partial charge in [-0.3, -0.25) is 4.79 Å². The third kappa shape index (κ3) is 4.71. The average Bonchev–Trinajstić information content (AvgIpc) is 2.47. The van der Waals surface area contributed by atoms with E-state index in [0.29, 0.717) is 11.8 Å². The lowest BCUT2D eigenvalue weighted by Gasteiger charge is -2.11. The Morgan fingerprint density at radius 1 is 1.42 bits per heavy atom. The second-order valence-electron chi connectivity index (χ2n) is 5.95. The van der Waals surface area contributed by atoms with Crippen LogP contribution in [0.15, 0.2) is 23.3 Å². The Bertz CT molecular complexity index is 417. The normalized spacial score (nSPS) is 25.2. The Morgan fingerprint density at radius 3 is 2.68 bits per heavy atom. The van der Waals surface area contributed by atoms with Crippen molar-refractivity contribution in [1.82, 2.24) is 0 Å². The van der Waals surface area contributed by atoms with Gasteiger partial charge < -0.3 is 0 Å². The van der Waals surface area contributed by atoms with E-state index < -0.39 is 0 Å². The molecule has 0 saturated heterocycles. The van der Waals surface area contributed by atoms with Crippen LogP contribution < -0.4 is 0 Å². The van der Waals surface area contributed by atoms with Crippen molar-refractivity contribution < 1.29 is 4.79 Å². The fourth-order valence-electron chi connectivity index (χ4n) is 2.53. The summed E-state index contributed by atoms with van der Waals surface area (Å²) in [6.45, 7) is 8.45. The summed E-state index contributed by atoms with van der Waals surface area (Å²) in [5, 5.41) is 0. The molecule has 1 aliphatic carbocycles. The molecule has 1 rings (SSSR count). The third-order valence-electron chi connectivity index (χ3n) is 3.90. The van der Waals surface area contributed by atoms with Crippen LogP contribution in [0, 0.1) is 30.1 Å². The molecule has 104 valence electrons. The van der Waals surface area contributed by atoms with Crippen molar-refractivity contribution >= 4 is 5.78 Å². The van der Waals surface area contributed by atoms with Gasteiger partial charge in [-0.05, 0) is 50.0 Å². The van der Waals surface area contributed by atoms with E-state index in [4.69, 9.17) is 6.42 Å². The minimum absolute atomic E-state index is 0.121. The lowest BCUT2D eigenvalue weighted by molar-refractivity contribution is -0.117. The van der Waals surface area contributed by atoms with Gasteiger partial charge in [0.25, 0.3) is 0 Å². The molecule has 19 heavy (non-hydrogen) atoms. The summed E-state index contributed by atoms with van der Waals surface area (Å²) in [5.74, 6) is 3.39. The molecular formula is C18H26O. The van der Waals surface area contributed by atoms with Crippen molar-refractivity contribution in [2.45, 2.75) is 53.4 Å². The van der Waals surface area contributed by atoms with E-state index >= 15 is 0 Å². The zero-order valence-electron chi connectivity index (χ0n) is 12.7. The van der Waals surface area contributed by atoms with Crippen LogP contribution >= 0.6 is 0 Å². The third-order valence-corrected chi connectivity index (χ3v) is 3.90. The van der Waals surface area contributed by atoms with E-state index in [1.54, 1.807) is 0 Å². The first-order valence-electron chi connectivity index (χ1n) is 7.35. The summed E-state index contributed by atoms with van der Waals surface area (Å²) in [7, 11) is 0. The van der Waals surface area contributed by atoms with Crippen LogP contribution in [0.2, 0.25) is 0 Å². The Hall–Kier alpha value is -1.29. The predicted molar refractivity (Wildman–Crippen MR) is 81.6 cm³/mol. The molecule has 1 heteroatoms. The monoisotopic (exact) mass is 258 g/mol. The maximum absolute atomic E-state index is 12.3. The van der Waals surface area contributed by atoms with Crippen LogP contribution in [0.1, 0.15) is 53.4 Å². The summed E-state index contributed by atoms with van der Waals surface area (Å²) in [6, 6.07) is 0. The highest BCUT2D eigenvalue weighted by molar-refractivity contribution is 5.98. The number of carbonyl (C=O) groups is 1. The molecule has 0 aromatic heterocycles. The molecule has 1 nitrogen and oxygen atoms in total. The minimum Gasteiger partial charge on any atom is -0.293 e. The summed E-state index contributed by atoms with van der Waals surface area (Å²) >= 11 is 0. The minimum atomic E-state index is -0.310. The van der Waals surface area contributed by atoms with Gasteiger partial charge in [-0.2, -0.15) is 0 Å². The fraction of sp³-hybridized carbons (Fsp3) is 0.611. The zero-order chi connectivity index (χ0) is 14.4. The van der Waals surface area contributed by atoms with Crippen molar-refractivity contribution in [3.05, 3.63) is 23.3 Å². The van der Waals surface area contributed by atoms with Crippen LogP contribution in [-0.4, -0.2) is 5.78 Å². The van der Waals surface area contributed by atoms with Crippen LogP contribution in [-0.2, 0) is 4.79 Å². The maximum atomic E-state index is 12.3. The van der Waals surface area contributed by atoms with Gasteiger partial charge in [-0.1, -0.05) is 44.4 Å². The molecular weight excluding hydrogens is 232 g/mol. The number of hydrogen-bond donors (Lipinski definition) is 0. The molecule has 0 spiro atoms. The number of ketones is 1. The van der Waals surface area contributed by atoms with E-state index in [1.807, 2.05) is 6.92 Å².